The summed E-state index contributed by atoms with van der Waals surface area (Å²) in [5.41, 5.74) is 0.679. The first-order chi connectivity index (χ1) is 15.3. The van der Waals surface area contributed by atoms with Crippen LogP contribution >= 0.6 is 0 Å². The maximum absolute atomic E-state index is 13.2. The highest BCUT2D eigenvalue weighted by molar-refractivity contribution is 7.91. The quantitative estimate of drug-likeness (QED) is 0.535. The molecule has 1 unspecified atom stereocenters. The Labute approximate surface area is 184 Å². The third kappa shape index (κ3) is 5.34. The van der Waals surface area contributed by atoms with Crippen molar-refractivity contribution >= 4 is 15.7 Å². The molecule has 3 aromatic rings. The van der Waals surface area contributed by atoms with Gasteiger partial charge in [0.05, 0.1) is 18.1 Å². The van der Waals surface area contributed by atoms with E-state index < -0.39 is 27.6 Å². The number of benzene rings is 2. The number of ether oxygens (including phenoxy) is 1. The lowest BCUT2D eigenvalue weighted by Crippen LogP contribution is -2.43. The molecule has 0 aliphatic carbocycles. The number of hydrogen-bond donors (Lipinski definition) is 0. The molecule has 1 amide bonds. The van der Waals surface area contributed by atoms with Gasteiger partial charge >= 0.3 is 0 Å². The predicted molar refractivity (Wildman–Crippen MR) is 114 cm³/mol. The highest BCUT2D eigenvalue weighted by Crippen LogP contribution is 2.26. The first-order valence-electron chi connectivity index (χ1n) is 10.0. The molecule has 1 aliphatic heterocycles. The van der Waals surface area contributed by atoms with E-state index in [9.17, 15) is 22.0 Å². The van der Waals surface area contributed by atoms with E-state index in [1.54, 1.807) is 24.3 Å². The summed E-state index contributed by atoms with van der Waals surface area (Å²) in [6, 6.07) is 14.0. The highest BCUT2D eigenvalue weighted by Gasteiger charge is 2.35. The molecule has 1 saturated heterocycles. The van der Waals surface area contributed by atoms with Gasteiger partial charge in [0.2, 0.25) is 0 Å². The van der Waals surface area contributed by atoms with Crippen molar-refractivity contribution in [3.8, 4) is 17.1 Å². The van der Waals surface area contributed by atoms with Crippen LogP contribution in [0.15, 0.2) is 65.1 Å². The van der Waals surface area contributed by atoms with Crippen LogP contribution in [-0.2, 0) is 21.2 Å². The third-order valence-electron chi connectivity index (χ3n) is 5.26. The summed E-state index contributed by atoms with van der Waals surface area (Å²) >= 11 is 0. The number of amides is 1. The average molecular weight is 461 g/mol. The molecule has 168 valence electrons. The number of hydrogen-bond acceptors (Lipinski definition) is 5. The van der Waals surface area contributed by atoms with Gasteiger partial charge in [-0.05, 0) is 67.1 Å². The minimum absolute atomic E-state index is 0.0131. The van der Waals surface area contributed by atoms with E-state index in [0.717, 1.165) is 0 Å². The van der Waals surface area contributed by atoms with Crippen LogP contribution in [0.2, 0.25) is 0 Å². The minimum Gasteiger partial charge on any atom is -0.484 e. The van der Waals surface area contributed by atoms with Crippen LogP contribution in [0.3, 0.4) is 0 Å². The van der Waals surface area contributed by atoms with Crippen molar-refractivity contribution in [1.29, 1.82) is 0 Å². The molecule has 0 bridgehead atoms. The van der Waals surface area contributed by atoms with Gasteiger partial charge in [-0.1, -0.05) is 0 Å². The monoisotopic (exact) mass is 461 g/mol. The second-order valence-corrected chi connectivity index (χ2v) is 9.82. The van der Waals surface area contributed by atoms with Gasteiger partial charge in [-0.2, -0.15) is 0 Å². The van der Waals surface area contributed by atoms with Crippen molar-refractivity contribution in [3.63, 3.8) is 0 Å². The largest absolute Gasteiger partial charge is 0.484 e. The van der Waals surface area contributed by atoms with Crippen LogP contribution in [0.25, 0.3) is 11.3 Å². The number of rotatable bonds is 7. The predicted octanol–water partition coefficient (Wildman–Crippen LogP) is 3.82. The van der Waals surface area contributed by atoms with Crippen LogP contribution in [0.4, 0.5) is 8.78 Å². The fourth-order valence-electron chi connectivity index (χ4n) is 3.60. The molecule has 0 N–H and O–H groups in total. The van der Waals surface area contributed by atoms with Crippen LogP contribution in [0.5, 0.6) is 5.75 Å². The molecule has 0 radical (unpaired) electrons. The van der Waals surface area contributed by atoms with Gasteiger partial charge in [-0.25, -0.2) is 17.2 Å². The van der Waals surface area contributed by atoms with E-state index in [-0.39, 0.29) is 30.5 Å². The minimum atomic E-state index is -3.22. The Morgan fingerprint density at radius 3 is 2.28 bits per heavy atom. The van der Waals surface area contributed by atoms with Gasteiger partial charge in [0.25, 0.3) is 5.91 Å². The summed E-state index contributed by atoms with van der Waals surface area (Å²) in [6.07, 6.45) is 0.330. The SMILES string of the molecule is O=C(COc1ccc(F)cc1)N(Cc1ccc(-c2ccc(F)cc2)o1)C1CCS(=O)(=O)C1. The number of nitrogens with zero attached hydrogens (tertiary/aromatic N) is 1. The zero-order valence-electron chi connectivity index (χ0n) is 17.0. The maximum Gasteiger partial charge on any atom is 0.261 e. The molecular weight excluding hydrogens is 440 g/mol. The normalized spacial score (nSPS) is 17.2. The molecule has 4 rings (SSSR count). The zero-order valence-corrected chi connectivity index (χ0v) is 17.9. The van der Waals surface area contributed by atoms with E-state index in [4.69, 9.17) is 9.15 Å². The molecule has 32 heavy (non-hydrogen) atoms. The van der Waals surface area contributed by atoms with E-state index >= 15 is 0 Å². The Balaban J connectivity index is 1.50. The topological polar surface area (TPSA) is 76.8 Å². The van der Waals surface area contributed by atoms with Gasteiger partial charge in [-0.15, -0.1) is 0 Å². The Morgan fingerprint density at radius 1 is 1.00 bits per heavy atom. The molecule has 0 saturated carbocycles. The molecule has 1 atom stereocenters. The Bertz CT molecular complexity index is 1190. The molecule has 2 aromatic carbocycles. The van der Waals surface area contributed by atoms with Crippen LogP contribution < -0.4 is 4.74 Å². The fourth-order valence-corrected chi connectivity index (χ4v) is 5.33. The molecule has 0 spiro atoms. The highest BCUT2D eigenvalue weighted by atomic mass is 32.2. The molecule has 6 nitrogen and oxygen atoms in total. The second-order valence-electron chi connectivity index (χ2n) is 7.59. The first-order valence-corrected chi connectivity index (χ1v) is 11.8. The van der Waals surface area contributed by atoms with Crippen molar-refractivity contribution < 1.29 is 31.1 Å². The first kappa shape index (κ1) is 22.0. The van der Waals surface area contributed by atoms with E-state index in [2.05, 4.69) is 0 Å². The van der Waals surface area contributed by atoms with Crippen molar-refractivity contribution in [2.24, 2.45) is 0 Å². The van der Waals surface area contributed by atoms with Crippen LogP contribution in [0, 0.1) is 11.6 Å². The summed E-state index contributed by atoms with van der Waals surface area (Å²) in [7, 11) is -3.22. The lowest BCUT2D eigenvalue weighted by atomic mass is 10.2. The van der Waals surface area contributed by atoms with E-state index in [0.29, 0.717) is 29.3 Å². The molecule has 1 aromatic heterocycles. The van der Waals surface area contributed by atoms with Gasteiger partial charge < -0.3 is 14.1 Å². The number of furan rings is 1. The number of carbonyl (C=O) groups is 1. The maximum atomic E-state index is 13.2. The summed E-state index contributed by atoms with van der Waals surface area (Å²) in [6.45, 7) is -0.263. The number of carbonyl (C=O) groups excluding carboxylic acids is 1. The second kappa shape index (κ2) is 9.12. The molecule has 2 heterocycles. The summed E-state index contributed by atoms with van der Waals surface area (Å²) in [4.78, 5) is 14.4. The van der Waals surface area contributed by atoms with Crippen molar-refractivity contribution in [2.45, 2.75) is 19.0 Å². The van der Waals surface area contributed by atoms with Gasteiger partial charge in [0, 0.05) is 11.6 Å². The van der Waals surface area contributed by atoms with Gasteiger partial charge in [-0.3, -0.25) is 4.79 Å². The zero-order chi connectivity index (χ0) is 22.7. The summed E-state index contributed by atoms with van der Waals surface area (Å²) in [5, 5.41) is 0. The molecule has 1 fully saturated rings. The van der Waals surface area contributed by atoms with Crippen molar-refractivity contribution in [1.82, 2.24) is 4.90 Å². The van der Waals surface area contributed by atoms with Crippen molar-refractivity contribution in [3.05, 3.63) is 78.1 Å². The number of halogens is 2. The van der Waals surface area contributed by atoms with Gasteiger partial charge in [0.15, 0.2) is 16.4 Å². The smallest absolute Gasteiger partial charge is 0.261 e. The lowest BCUT2D eigenvalue weighted by molar-refractivity contribution is -0.136. The third-order valence-corrected chi connectivity index (χ3v) is 7.01. The molecular formula is C23H21F2NO5S. The summed E-state index contributed by atoms with van der Waals surface area (Å²) < 4.78 is 61.5. The molecule has 9 heteroatoms. The average Bonchev–Trinajstić information content (AvgIpc) is 3.38. The Morgan fingerprint density at radius 2 is 1.66 bits per heavy atom. The number of sulfone groups is 1. The molecule has 1 aliphatic rings. The van der Waals surface area contributed by atoms with Crippen LogP contribution in [0.1, 0.15) is 12.2 Å². The Kier molecular flexibility index (Phi) is 6.27. The summed E-state index contributed by atoms with van der Waals surface area (Å²) in [5.74, 6) is 0.00136. The van der Waals surface area contributed by atoms with E-state index in [1.165, 1.54) is 41.3 Å². The van der Waals surface area contributed by atoms with Crippen molar-refractivity contribution in [2.75, 3.05) is 18.1 Å². The fraction of sp³-hybridized carbons (Fsp3) is 0.261. The lowest BCUT2D eigenvalue weighted by Gasteiger charge is -2.27. The van der Waals surface area contributed by atoms with E-state index in [1.807, 2.05) is 0 Å². The standard InChI is InChI=1S/C23H21F2NO5S/c24-17-3-1-16(2-4-17)22-10-9-21(31-22)13-26(19-11-12-32(28,29)15-19)23(27)14-30-20-7-5-18(25)6-8-20/h1-10,19H,11-15H2. The van der Waals surface area contributed by atoms with Gasteiger partial charge in [0.1, 0.15) is 28.9 Å². The Hall–Kier alpha value is -3.20. The van der Waals surface area contributed by atoms with Crippen LogP contribution in [-0.4, -0.2) is 43.4 Å².